The van der Waals surface area contributed by atoms with Crippen LogP contribution in [-0.4, -0.2) is 20.9 Å². The van der Waals surface area contributed by atoms with E-state index in [1.54, 1.807) is 7.11 Å². The predicted molar refractivity (Wildman–Crippen MR) is 72.2 cm³/mol. The molecule has 2 rings (SSSR count). The van der Waals surface area contributed by atoms with Crippen LogP contribution in [0.4, 0.5) is 5.69 Å². The van der Waals surface area contributed by atoms with Crippen LogP contribution in [0, 0.1) is 0 Å². The van der Waals surface area contributed by atoms with Crippen LogP contribution in [0.1, 0.15) is 0 Å². The molecule has 0 N–H and O–H groups in total. The Kier molecular flexibility index (Phi) is 3.78. The molecule has 88 valence electrons. The third-order valence-electron chi connectivity index (χ3n) is 2.74. The van der Waals surface area contributed by atoms with Crippen molar-refractivity contribution in [2.45, 2.75) is 0 Å². The standard InChI is InChI=1S/C15H17NO/c1-16(12-17-2)15-10-8-14(9-11-15)13-6-4-3-5-7-13/h3-11H,12H2,1-2H3. The van der Waals surface area contributed by atoms with Gasteiger partial charge in [-0.1, -0.05) is 42.5 Å². The zero-order valence-corrected chi connectivity index (χ0v) is 10.3. The number of hydrogen-bond acceptors (Lipinski definition) is 2. The highest BCUT2D eigenvalue weighted by atomic mass is 16.5. The lowest BCUT2D eigenvalue weighted by Gasteiger charge is -2.18. The van der Waals surface area contributed by atoms with Gasteiger partial charge in [0.05, 0.1) is 0 Å². The number of ether oxygens (including phenoxy) is 1. The maximum absolute atomic E-state index is 5.10. The van der Waals surface area contributed by atoms with Gasteiger partial charge < -0.3 is 9.64 Å². The fraction of sp³-hybridized carbons (Fsp3) is 0.200. The first-order chi connectivity index (χ1) is 8.31. The molecule has 0 aromatic heterocycles. The quantitative estimate of drug-likeness (QED) is 0.742. The first kappa shape index (κ1) is 11.7. The van der Waals surface area contributed by atoms with Crippen LogP contribution in [0.25, 0.3) is 11.1 Å². The average Bonchev–Trinajstić information content (AvgIpc) is 2.40. The van der Waals surface area contributed by atoms with E-state index in [-0.39, 0.29) is 0 Å². The summed E-state index contributed by atoms with van der Waals surface area (Å²) in [6.45, 7) is 0.602. The Morgan fingerprint density at radius 3 is 2.06 bits per heavy atom. The molecule has 2 nitrogen and oxygen atoms in total. The molecule has 0 amide bonds. The fourth-order valence-corrected chi connectivity index (χ4v) is 1.81. The summed E-state index contributed by atoms with van der Waals surface area (Å²) in [5.74, 6) is 0. The van der Waals surface area contributed by atoms with Gasteiger partial charge in [-0.15, -0.1) is 0 Å². The smallest absolute Gasteiger partial charge is 0.118 e. The highest BCUT2D eigenvalue weighted by Crippen LogP contribution is 2.22. The van der Waals surface area contributed by atoms with Gasteiger partial charge in [0.15, 0.2) is 0 Å². The van der Waals surface area contributed by atoms with Crippen LogP contribution in [0.15, 0.2) is 54.6 Å². The lowest BCUT2D eigenvalue weighted by Crippen LogP contribution is -2.19. The molecule has 0 aliphatic carbocycles. The highest BCUT2D eigenvalue weighted by Gasteiger charge is 2.00. The zero-order chi connectivity index (χ0) is 12.1. The summed E-state index contributed by atoms with van der Waals surface area (Å²) >= 11 is 0. The summed E-state index contributed by atoms with van der Waals surface area (Å²) in [7, 11) is 3.72. The second-order valence-electron chi connectivity index (χ2n) is 4.03. The summed E-state index contributed by atoms with van der Waals surface area (Å²) in [5, 5.41) is 0. The molecule has 0 aliphatic rings. The molecule has 0 atom stereocenters. The Labute approximate surface area is 102 Å². The SMILES string of the molecule is COCN(C)c1ccc(-c2ccccc2)cc1. The summed E-state index contributed by atoms with van der Waals surface area (Å²) < 4.78 is 5.10. The summed E-state index contributed by atoms with van der Waals surface area (Å²) in [6.07, 6.45) is 0. The largest absolute Gasteiger partial charge is 0.364 e. The second kappa shape index (κ2) is 5.51. The zero-order valence-electron chi connectivity index (χ0n) is 10.3. The van der Waals surface area contributed by atoms with E-state index in [1.165, 1.54) is 11.1 Å². The minimum absolute atomic E-state index is 0.602. The van der Waals surface area contributed by atoms with Crippen molar-refractivity contribution in [1.82, 2.24) is 0 Å². The lowest BCUT2D eigenvalue weighted by molar-refractivity contribution is 0.202. The van der Waals surface area contributed by atoms with Crippen LogP contribution in [0.5, 0.6) is 0 Å². The Balaban J connectivity index is 2.19. The van der Waals surface area contributed by atoms with Crippen LogP contribution in [-0.2, 0) is 4.74 Å². The van der Waals surface area contributed by atoms with Crippen LogP contribution >= 0.6 is 0 Å². The molecule has 0 fully saturated rings. The molecule has 0 radical (unpaired) electrons. The number of methoxy groups -OCH3 is 1. The molecular weight excluding hydrogens is 210 g/mol. The molecule has 0 unspecified atom stereocenters. The van der Waals surface area contributed by atoms with E-state index < -0.39 is 0 Å². The number of benzene rings is 2. The van der Waals surface area contributed by atoms with Gasteiger partial charge in [0, 0.05) is 19.8 Å². The highest BCUT2D eigenvalue weighted by molar-refractivity contribution is 5.66. The van der Waals surface area contributed by atoms with Crippen molar-refractivity contribution in [3.8, 4) is 11.1 Å². The van der Waals surface area contributed by atoms with Gasteiger partial charge in [0.1, 0.15) is 6.73 Å². The molecule has 0 bridgehead atoms. The van der Waals surface area contributed by atoms with Crippen LogP contribution < -0.4 is 4.90 Å². The fourth-order valence-electron chi connectivity index (χ4n) is 1.81. The Morgan fingerprint density at radius 1 is 0.882 bits per heavy atom. The van der Waals surface area contributed by atoms with Crippen molar-refractivity contribution in [3.05, 3.63) is 54.6 Å². The number of hydrogen-bond donors (Lipinski definition) is 0. The van der Waals surface area contributed by atoms with Crippen molar-refractivity contribution >= 4 is 5.69 Å². The first-order valence-electron chi connectivity index (χ1n) is 5.67. The van der Waals surface area contributed by atoms with Crippen LogP contribution in [0.3, 0.4) is 0 Å². The third kappa shape index (κ3) is 2.86. The molecule has 2 heteroatoms. The maximum atomic E-state index is 5.10. The molecule has 0 saturated carbocycles. The molecule has 17 heavy (non-hydrogen) atoms. The monoisotopic (exact) mass is 227 g/mol. The molecule has 2 aromatic rings. The van der Waals surface area contributed by atoms with E-state index in [4.69, 9.17) is 4.74 Å². The van der Waals surface area contributed by atoms with Gasteiger partial charge in [-0.2, -0.15) is 0 Å². The van der Waals surface area contributed by atoms with Gasteiger partial charge in [-0.25, -0.2) is 0 Å². The summed E-state index contributed by atoms with van der Waals surface area (Å²) in [5.41, 5.74) is 3.64. The number of rotatable bonds is 4. The van der Waals surface area contributed by atoms with E-state index in [9.17, 15) is 0 Å². The maximum Gasteiger partial charge on any atom is 0.118 e. The molecule has 0 saturated heterocycles. The normalized spacial score (nSPS) is 10.2. The van der Waals surface area contributed by atoms with E-state index in [0.717, 1.165) is 5.69 Å². The van der Waals surface area contributed by atoms with E-state index in [1.807, 2.05) is 13.1 Å². The minimum atomic E-state index is 0.602. The van der Waals surface area contributed by atoms with Gasteiger partial charge in [-0.05, 0) is 23.3 Å². The summed E-state index contributed by atoms with van der Waals surface area (Å²) in [4.78, 5) is 2.06. The Morgan fingerprint density at radius 2 is 1.47 bits per heavy atom. The topological polar surface area (TPSA) is 12.5 Å². The van der Waals surface area contributed by atoms with Crippen molar-refractivity contribution in [2.75, 3.05) is 25.8 Å². The predicted octanol–water partition coefficient (Wildman–Crippen LogP) is 3.39. The summed E-state index contributed by atoms with van der Waals surface area (Å²) in [6, 6.07) is 18.9. The molecule has 0 aliphatic heterocycles. The lowest BCUT2D eigenvalue weighted by atomic mass is 10.1. The molecule has 0 heterocycles. The number of anilines is 1. The van der Waals surface area contributed by atoms with Gasteiger partial charge >= 0.3 is 0 Å². The minimum Gasteiger partial charge on any atom is -0.364 e. The first-order valence-corrected chi connectivity index (χ1v) is 5.67. The van der Waals surface area contributed by atoms with E-state index in [0.29, 0.717) is 6.73 Å². The van der Waals surface area contributed by atoms with Crippen LogP contribution in [0.2, 0.25) is 0 Å². The van der Waals surface area contributed by atoms with Gasteiger partial charge in [-0.3, -0.25) is 0 Å². The van der Waals surface area contributed by atoms with Crippen molar-refractivity contribution in [2.24, 2.45) is 0 Å². The van der Waals surface area contributed by atoms with Crippen molar-refractivity contribution in [3.63, 3.8) is 0 Å². The molecule has 0 spiro atoms. The third-order valence-corrected chi connectivity index (χ3v) is 2.74. The Bertz CT molecular complexity index is 450. The average molecular weight is 227 g/mol. The molecule has 2 aromatic carbocycles. The number of nitrogens with zero attached hydrogens (tertiary/aromatic N) is 1. The molecular formula is C15H17NO. The van der Waals surface area contributed by atoms with Crippen molar-refractivity contribution < 1.29 is 4.74 Å². The van der Waals surface area contributed by atoms with E-state index >= 15 is 0 Å². The van der Waals surface area contributed by atoms with Gasteiger partial charge in [0.25, 0.3) is 0 Å². The van der Waals surface area contributed by atoms with Crippen molar-refractivity contribution in [1.29, 1.82) is 0 Å². The second-order valence-corrected chi connectivity index (χ2v) is 4.03. The Hall–Kier alpha value is -1.80. The van der Waals surface area contributed by atoms with E-state index in [2.05, 4.69) is 53.4 Å². The van der Waals surface area contributed by atoms with Gasteiger partial charge in [0.2, 0.25) is 0 Å².